The van der Waals surface area contributed by atoms with Gasteiger partial charge in [0.1, 0.15) is 17.8 Å². The summed E-state index contributed by atoms with van der Waals surface area (Å²) in [6, 6.07) is -0.899. The Bertz CT molecular complexity index is 571. The highest BCUT2D eigenvalue weighted by atomic mass is 35.5. The smallest absolute Gasteiger partial charge is 0.237 e. The molecule has 34 heavy (non-hydrogen) atoms. The van der Waals surface area contributed by atoms with Gasteiger partial charge in [-0.2, -0.15) is 0 Å². The molecule has 2 rings (SSSR count). The molecule has 0 aromatic carbocycles. The number of aliphatic hydroxyl groups excluding tert-OH is 2. The van der Waals surface area contributed by atoms with E-state index in [1.165, 1.54) is 24.6 Å². The maximum Gasteiger partial charge on any atom is 0.237 e. The first-order valence-electron chi connectivity index (χ1n) is 12.6. The maximum atomic E-state index is 12.9. The molecular formula is C24H46ClN3O5S. The first kappa shape index (κ1) is 31.6. The van der Waals surface area contributed by atoms with E-state index >= 15 is 0 Å². The molecule has 10 heteroatoms. The van der Waals surface area contributed by atoms with Crippen LogP contribution in [-0.2, 0) is 14.3 Å². The monoisotopic (exact) mass is 523 g/mol. The number of thioether (sulfide) groups is 1. The maximum absolute atomic E-state index is 12.9. The second kappa shape index (κ2) is 17.9. The van der Waals surface area contributed by atoms with E-state index in [1.807, 2.05) is 13.3 Å². The van der Waals surface area contributed by atoms with Crippen LogP contribution < -0.4 is 16.0 Å². The molecule has 200 valence electrons. The molecule has 2 aliphatic rings. The van der Waals surface area contributed by atoms with Crippen LogP contribution in [0.1, 0.15) is 65.2 Å². The van der Waals surface area contributed by atoms with Crippen LogP contribution in [0.3, 0.4) is 0 Å². The third-order valence-electron chi connectivity index (χ3n) is 6.45. The Morgan fingerprint density at radius 1 is 1.29 bits per heavy atom. The number of aldehydes is 1. The van der Waals surface area contributed by atoms with E-state index < -0.39 is 35.2 Å². The Kier molecular flexibility index (Phi) is 16.7. The zero-order chi connectivity index (χ0) is 25.5. The summed E-state index contributed by atoms with van der Waals surface area (Å²) in [5.41, 5.74) is -0.460. The zero-order valence-corrected chi connectivity index (χ0v) is 22.7. The number of alkyl halides is 1. The lowest BCUT2D eigenvalue weighted by molar-refractivity contribution is -0.151. The molecule has 0 radical (unpaired) electrons. The van der Waals surface area contributed by atoms with Crippen LogP contribution >= 0.6 is 23.4 Å². The van der Waals surface area contributed by atoms with Crippen molar-refractivity contribution in [2.45, 2.75) is 106 Å². The first-order valence-corrected chi connectivity index (χ1v) is 14.3. The molecule has 0 spiro atoms. The van der Waals surface area contributed by atoms with Crippen molar-refractivity contribution in [2.24, 2.45) is 5.92 Å². The number of hydrogen-bond donors (Lipinski definition) is 5. The van der Waals surface area contributed by atoms with Gasteiger partial charge in [0.25, 0.3) is 0 Å². The van der Waals surface area contributed by atoms with Crippen LogP contribution in [0, 0.1) is 5.92 Å². The summed E-state index contributed by atoms with van der Waals surface area (Å²) >= 11 is 7.71. The highest BCUT2D eigenvalue weighted by molar-refractivity contribution is 7.99. The normalized spacial score (nSPS) is 31.4. The molecule has 0 aliphatic carbocycles. The van der Waals surface area contributed by atoms with Crippen LogP contribution in [0.15, 0.2) is 0 Å². The van der Waals surface area contributed by atoms with E-state index in [2.05, 4.69) is 22.9 Å². The number of aliphatic hydroxyl groups is 2. The lowest BCUT2D eigenvalue weighted by atomic mass is 9.93. The number of nitrogens with one attached hydrogen (secondary N) is 3. The van der Waals surface area contributed by atoms with Gasteiger partial charge < -0.3 is 35.7 Å². The molecule has 2 aliphatic heterocycles. The van der Waals surface area contributed by atoms with Crippen molar-refractivity contribution in [1.82, 2.24) is 16.0 Å². The molecule has 2 fully saturated rings. The standard InChI is InChI=1S/C19H33ClN2O5S.C5H13N/c1-11(20)16(17-14(24)10-15(25)19(27-17)28-2)22-18(26)13-6-5-12(4-3-9-23)7-8-21-13;1-3-4-5-6-2/h9,11-17,19,21,24-25H,3-8,10H2,1-2H3,(H,22,26);6H,3-5H2,1-2H3/t11?,12-,13?,14-,15?,16?,17?,19?;/m0./s1. The number of hydrogen-bond acceptors (Lipinski definition) is 8. The summed E-state index contributed by atoms with van der Waals surface area (Å²) in [4.78, 5) is 23.5. The highest BCUT2D eigenvalue weighted by Crippen LogP contribution is 2.30. The van der Waals surface area contributed by atoms with E-state index in [-0.39, 0.29) is 18.4 Å². The van der Waals surface area contributed by atoms with Crippen molar-refractivity contribution in [3.63, 3.8) is 0 Å². The molecule has 0 aromatic rings. The van der Waals surface area contributed by atoms with Gasteiger partial charge in [-0.25, -0.2) is 0 Å². The summed E-state index contributed by atoms with van der Waals surface area (Å²) in [5.74, 6) is 0.293. The van der Waals surface area contributed by atoms with Gasteiger partial charge in [-0.15, -0.1) is 23.4 Å². The SMILES string of the molecule is CCCCNC.CSC1OC(C(NC(=O)C2CC[C@H](CCC=O)CCN2)C(C)Cl)[C@@H](O)CC1O. The topological polar surface area (TPSA) is 120 Å². The van der Waals surface area contributed by atoms with Crippen LogP contribution in [0.2, 0.25) is 0 Å². The number of carbonyl (C=O) groups excluding carboxylic acids is 2. The number of halogens is 1. The number of ether oxygens (including phenoxy) is 1. The fourth-order valence-electron chi connectivity index (χ4n) is 4.37. The van der Waals surface area contributed by atoms with Gasteiger partial charge in [-0.05, 0) is 71.3 Å². The summed E-state index contributed by atoms with van der Waals surface area (Å²) in [5, 5.41) is 29.3. The summed E-state index contributed by atoms with van der Waals surface area (Å²) in [7, 11) is 1.98. The molecule has 6 unspecified atom stereocenters. The Labute approximate surface area is 214 Å². The van der Waals surface area contributed by atoms with E-state index in [4.69, 9.17) is 16.3 Å². The van der Waals surface area contributed by atoms with Gasteiger partial charge in [0.15, 0.2) is 0 Å². The molecule has 8 atom stereocenters. The Hall–Kier alpha value is -0.420. The summed E-state index contributed by atoms with van der Waals surface area (Å²) < 4.78 is 5.87. The van der Waals surface area contributed by atoms with Gasteiger partial charge in [0.2, 0.25) is 5.91 Å². The molecule has 5 N–H and O–H groups in total. The van der Waals surface area contributed by atoms with E-state index in [9.17, 15) is 19.8 Å². The van der Waals surface area contributed by atoms with Crippen LogP contribution in [-0.4, -0.2) is 90.0 Å². The van der Waals surface area contributed by atoms with Gasteiger partial charge in [-0.1, -0.05) is 13.3 Å². The fraction of sp³-hybridized carbons (Fsp3) is 0.917. The average molecular weight is 524 g/mol. The molecular weight excluding hydrogens is 478 g/mol. The van der Waals surface area contributed by atoms with Gasteiger partial charge in [0.05, 0.1) is 29.7 Å². The zero-order valence-electron chi connectivity index (χ0n) is 21.2. The van der Waals surface area contributed by atoms with Gasteiger partial charge in [-0.3, -0.25) is 4.79 Å². The molecule has 1 amide bonds. The lowest BCUT2D eigenvalue weighted by Gasteiger charge is -2.41. The highest BCUT2D eigenvalue weighted by Gasteiger charge is 2.42. The van der Waals surface area contributed by atoms with Crippen molar-refractivity contribution in [3.8, 4) is 0 Å². The molecule has 0 aromatic heterocycles. The van der Waals surface area contributed by atoms with E-state index in [0.29, 0.717) is 18.8 Å². The van der Waals surface area contributed by atoms with Crippen LogP contribution in [0.4, 0.5) is 0 Å². The minimum Gasteiger partial charge on any atom is -0.390 e. The molecule has 0 bridgehead atoms. The predicted octanol–water partition coefficient (Wildman–Crippen LogP) is 2.04. The van der Waals surface area contributed by atoms with E-state index in [1.54, 1.807) is 6.92 Å². The Morgan fingerprint density at radius 3 is 2.59 bits per heavy atom. The van der Waals surface area contributed by atoms with Gasteiger partial charge >= 0.3 is 0 Å². The number of amides is 1. The quantitative estimate of drug-likeness (QED) is 0.158. The molecule has 0 saturated carbocycles. The van der Waals surface area contributed by atoms with Crippen LogP contribution in [0.25, 0.3) is 0 Å². The van der Waals surface area contributed by atoms with Crippen molar-refractivity contribution >= 4 is 35.6 Å². The minimum atomic E-state index is -0.903. The van der Waals surface area contributed by atoms with Crippen molar-refractivity contribution < 1.29 is 24.5 Å². The number of carbonyl (C=O) groups is 2. The molecule has 2 saturated heterocycles. The number of unbranched alkanes of at least 4 members (excludes halogenated alkanes) is 1. The van der Waals surface area contributed by atoms with Crippen LogP contribution in [0.5, 0.6) is 0 Å². The van der Waals surface area contributed by atoms with Crippen molar-refractivity contribution in [2.75, 3.05) is 26.4 Å². The lowest BCUT2D eigenvalue weighted by Crippen LogP contribution is -2.60. The second-order valence-corrected chi connectivity index (χ2v) is 10.9. The van der Waals surface area contributed by atoms with Crippen molar-refractivity contribution in [3.05, 3.63) is 0 Å². The van der Waals surface area contributed by atoms with Crippen molar-refractivity contribution in [1.29, 1.82) is 0 Å². The summed E-state index contributed by atoms with van der Waals surface area (Å²) in [6.07, 6.45) is 7.18. The third kappa shape index (κ3) is 11.1. The Morgan fingerprint density at radius 2 is 2.03 bits per heavy atom. The Balaban J connectivity index is 0.000000852. The average Bonchev–Trinajstić information content (AvgIpc) is 3.06. The van der Waals surface area contributed by atoms with Gasteiger partial charge in [0, 0.05) is 12.8 Å². The fourth-order valence-corrected chi connectivity index (χ4v) is 5.24. The largest absolute Gasteiger partial charge is 0.390 e. The minimum absolute atomic E-state index is 0.156. The predicted molar refractivity (Wildman–Crippen MR) is 139 cm³/mol. The third-order valence-corrected chi connectivity index (χ3v) is 7.62. The first-order chi connectivity index (χ1) is 16.3. The summed E-state index contributed by atoms with van der Waals surface area (Å²) in [6.45, 7) is 5.84. The molecule has 8 nitrogen and oxygen atoms in total. The second-order valence-electron chi connectivity index (χ2n) is 9.23. The number of rotatable bonds is 11. The molecule has 2 heterocycles. The van der Waals surface area contributed by atoms with E-state index in [0.717, 1.165) is 38.6 Å².